The molecule has 4 N–H and O–H groups in total. The lowest BCUT2D eigenvalue weighted by Crippen LogP contribution is -2.60. The van der Waals surface area contributed by atoms with Crippen molar-refractivity contribution >= 4 is 67.9 Å². The zero-order chi connectivity index (χ0) is 36.0. The van der Waals surface area contributed by atoms with E-state index in [9.17, 15) is 30.0 Å². The molecular formula is C38H40Cl2N2O9. The van der Waals surface area contributed by atoms with Gasteiger partial charge in [0, 0.05) is 72.4 Å². The van der Waals surface area contributed by atoms with Gasteiger partial charge in [-0.25, -0.2) is 0 Å². The standard InChI is InChI=1S/C38H40Cl2N2O9/c1-49-28-13-26-33(24-9-4-2-7-22(24)28)20(15-39)17-41(26)31(44)11-6-12-32(45)42-18-21(16-40)34-25-10-5-3-8-23(25)29(14-27(34)42)50-38-37(48)36(47)35(46)30(19-43)51-38/h2-5,7-10,13-14,20-21,30,35-38,43,46-48H,6,11-12,15-19H2,1H3/t20-,21-,30-,35+,36+,37-,38-/m1/s1. The van der Waals surface area contributed by atoms with Gasteiger partial charge in [-0.3, -0.25) is 9.59 Å². The minimum Gasteiger partial charge on any atom is -0.496 e. The van der Waals surface area contributed by atoms with E-state index in [-0.39, 0.29) is 48.1 Å². The van der Waals surface area contributed by atoms with Gasteiger partial charge in [0.05, 0.1) is 25.1 Å². The summed E-state index contributed by atoms with van der Waals surface area (Å²) in [6.07, 6.45) is -6.73. The Kier molecular flexibility index (Phi) is 10.3. The molecule has 0 aliphatic carbocycles. The Morgan fingerprint density at radius 1 is 0.765 bits per heavy atom. The molecule has 0 radical (unpaired) electrons. The summed E-state index contributed by atoms with van der Waals surface area (Å²) >= 11 is 12.9. The quantitative estimate of drug-likeness (QED) is 0.174. The predicted octanol–water partition coefficient (Wildman–Crippen LogP) is 4.39. The van der Waals surface area contributed by atoms with Gasteiger partial charge in [-0.2, -0.15) is 0 Å². The van der Waals surface area contributed by atoms with E-state index in [2.05, 4.69) is 0 Å². The molecule has 1 fully saturated rings. The molecule has 4 aromatic rings. The number of rotatable bonds is 10. The first-order valence-corrected chi connectivity index (χ1v) is 18.1. The number of hydrogen-bond donors (Lipinski definition) is 4. The number of hydrogen-bond acceptors (Lipinski definition) is 9. The fourth-order valence-corrected chi connectivity index (χ4v) is 8.27. The Labute approximate surface area is 304 Å². The van der Waals surface area contributed by atoms with Crippen LogP contribution in [0.25, 0.3) is 21.5 Å². The molecular weight excluding hydrogens is 699 g/mol. The molecule has 13 heteroatoms. The van der Waals surface area contributed by atoms with Crippen LogP contribution in [0.3, 0.4) is 0 Å². The Morgan fingerprint density at radius 2 is 1.25 bits per heavy atom. The lowest BCUT2D eigenvalue weighted by atomic mass is 9.95. The molecule has 2 amide bonds. The first-order valence-electron chi connectivity index (χ1n) is 17.1. The molecule has 0 bridgehead atoms. The van der Waals surface area contributed by atoms with E-state index >= 15 is 0 Å². The normalized spacial score (nSPS) is 25.7. The van der Waals surface area contributed by atoms with Crippen LogP contribution in [-0.2, 0) is 14.3 Å². The Bertz CT molecular complexity index is 1960. The maximum Gasteiger partial charge on any atom is 0.229 e. The van der Waals surface area contributed by atoms with Crippen molar-refractivity contribution in [3.63, 3.8) is 0 Å². The third-order valence-electron chi connectivity index (χ3n) is 10.3. The summed E-state index contributed by atoms with van der Waals surface area (Å²) in [5.41, 5.74) is 3.28. The van der Waals surface area contributed by atoms with Gasteiger partial charge in [-0.1, -0.05) is 48.5 Å². The molecule has 3 aliphatic heterocycles. The molecule has 3 aliphatic rings. The number of fused-ring (bicyclic) bond motifs is 6. The molecule has 270 valence electrons. The van der Waals surface area contributed by atoms with Crippen molar-refractivity contribution in [2.75, 3.05) is 48.4 Å². The Hall–Kier alpha value is -3.68. The van der Waals surface area contributed by atoms with Gasteiger partial charge in [0.2, 0.25) is 18.1 Å². The van der Waals surface area contributed by atoms with Crippen molar-refractivity contribution in [1.82, 2.24) is 0 Å². The second-order valence-electron chi connectivity index (χ2n) is 13.3. The highest BCUT2D eigenvalue weighted by atomic mass is 35.5. The number of nitrogens with zero attached hydrogens (tertiary/aromatic N) is 2. The lowest BCUT2D eigenvalue weighted by molar-refractivity contribution is -0.277. The molecule has 7 atom stereocenters. The zero-order valence-corrected chi connectivity index (χ0v) is 29.5. The molecule has 3 heterocycles. The van der Waals surface area contributed by atoms with Gasteiger partial charge < -0.3 is 44.4 Å². The Morgan fingerprint density at radius 3 is 1.75 bits per heavy atom. The number of aliphatic hydroxyl groups excluding tert-OH is 4. The minimum atomic E-state index is -1.61. The second-order valence-corrected chi connectivity index (χ2v) is 13.9. The molecule has 4 aromatic carbocycles. The average molecular weight is 740 g/mol. The number of amides is 2. The fraction of sp³-hybridized carbons (Fsp3) is 0.421. The van der Waals surface area contributed by atoms with Crippen LogP contribution in [0.4, 0.5) is 11.4 Å². The van der Waals surface area contributed by atoms with Crippen molar-refractivity contribution in [3.05, 3.63) is 71.8 Å². The largest absolute Gasteiger partial charge is 0.496 e. The summed E-state index contributed by atoms with van der Waals surface area (Å²) in [6.45, 7) is 0.188. The van der Waals surface area contributed by atoms with Crippen molar-refractivity contribution < 1.29 is 44.2 Å². The van der Waals surface area contributed by atoms with E-state index in [1.54, 1.807) is 23.0 Å². The zero-order valence-electron chi connectivity index (χ0n) is 28.0. The number of anilines is 2. The molecule has 0 spiro atoms. The number of methoxy groups -OCH3 is 1. The fourth-order valence-electron chi connectivity index (χ4n) is 7.77. The highest BCUT2D eigenvalue weighted by molar-refractivity contribution is 6.19. The maximum absolute atomic E-state index is 13.9. The summed E-state index contributed by atoms with van der Waals surface area (Å²) in [5.74, 6) is 1.09. The molecule has 11 nitrogen and oxygen atoms in total. The third-order valence-corrected chi connectivity index (χ3v) is 11.1. The smallest absolute Gasteiger partial charge is 0.229 e. The monoisotopic (exact) mass is 738 g/mol. The number of alkyl halides is 2. The van der Waals surface area contributed by atoms with Crippen molar-refractivity contribution in [2.45, 2.75) is 61.8 Å². The van der Waals surface area contributed by atoms with Crippen molar-refractivity contribution in [1.29, 1.82) is 0 Å². The number of halogens is 2. The van der Waals surface area contributed by atoms with Crippen LogP contribution in [0, 0.1) is 0 Å². The number of ether oxygens (including phenoxy) is 3. The third kappa shape index (κ3) is 6.28. The average Bonchev–Trinajstić information content (AvgIpc) is 3.73. The summed E-state index contributed by atoms with van der Waals surface area (Å²) < 4.78 is 17.4. The van der Waals surface area contributed by atoms with E-state index in [0.717, 1.165) is 33.0 Å². The minimum absolute atomic E-state index is 0.0362. The number of aliphatic hydroxyl groups is 4. The topological polar surface area (TPSA) is 149 Å². The van der Waals surface area contributed by atoms with Crippen LogP contribution in [0.5, 0.6) is 11.5 Å². The van der Waals surface area contributed by atoms with Gasteiger partial charge >= 0.3 is 0 Å². The summed E-state index contributed by atoms with van der Waals surface area (Å²) in [4.78, 5) is 31.0. The van der Waals surface area contributed by atoms with Crippen LogP contribution in [0.2, 0.25) is 0 Å². The van der Waals surface area contributed by atoms with E-state index in [4.69, 9.17) is 37.4 Å². The summed E-state index contributed by atoms with van der Waals surface area (Å²) in [6, 6.07) is 18.9. The van der Waals surface area contributed by atoms with E-state index in [1.165, 1.54) is 0 Å². The summed E-state index contributed by atoms with van der Waals surface area (Å²) in [7, 11) is 1.61. The highest BCUT2D eigenvalue weighted by Gasteiger charge is 2.45. The predicted molar refractivity (Wildman–Crippen MR) is 194 cm³/mol. The van der Waals surface area contributed by atoms with E-state index in [1.807, 2.05) is 54.6 Å². The number of benzene rings is 4. The first-order chi connectivity index (χ1) is 24.7. The lowest BCUT2D eigenvalue weighted by Gasteiger charge is -2.39. The first kappa shape index (κ1) is 35.7. The van der Waals surface area contributed by atoms with Crippen LogP contribution < -0.4 is 19.3 Å². The van der Waals surface area contributed by atoms with Crippen LogP contribution in [-0.4, -0.2) is 102 Å². The van der Waals surface area contributed by atoms with Crippen molar-refractivity contribution in [3.8, 4) is 11.5 Å². The van der Waals surface area contributed by atoms with Crippen LogP contribution in [0.15, 0.2) is 60.7 Å². The van der Waals surface area contributed by atoms with Gasteiger partial charge in [0.1, 0.15) is 35.9 Å². The molecule has 1 saturated heterocycles. The summed E-state index contributed by atoms with van der Waals surface area (Å²) in [5, 5.41) is 44.4. The number of carbonyl (C=O) groups excluding carboxylic acids is 2. The number of carbonyl (C=O) groups is 2. The van der Waals surface area contributed by atoms with Gasteiger partial charge in [-0.15, -0.1) is 23.2 Å². The Balaban J connectivity index is 1.11. The highest BCUT2D eigenvalue weighted by Crippen LogP contribution is 2.48. The SMILES string of the molecule is COc1cc2c(c3ccccc13)[C@H](CCl)CN2C(=O)CCCC(=O)N1C[C@@H](CCl)c2c1cc(O[C@@H]1O[C@H](CO)[C@H](O)[C@H](O)[C@H]1O)c1ccccc21. The van der Waals surface area contributed by atoms with Crippen LogP contribution in [0.1, 0.15) is 42.2 Å². The molecule has 0 saturated carbocycles. The van der Waals surface area contributed by atoms with Gasteiger partial charge in [-0.05, 0) is 28.3 Å². The second kappa shape index (κ2) is 14.7. The molecule has 51 heavy (non-hydrogen) atoms. The molecule has 0 aromatic heterocycles. The van der Waals surface area contributed by atoms with E-state index < -0.39 is 37.3 Å². The molecule has 7 rings (SSSR count). The van der Waals surface area contributed by atoms with Gasteiger partial charge in [0.25, 0.3) is 0 Å². The van der Waals surface area contributed by atoms with Crippen molar-refractivity contribution in [2.24, 2.45) is 0 Å². The van der Waals surface area contributed by atoms with E-state index in [0.29, 0.717) is 42.2 Å². The molecule has 0 unspecified atom stereocenters. The maximum atomic E-state index is 13.9. The van der Waals surface area contributed by atoms with Gasteiger partial charge in [0.15, 0.2) is 0 Å². The van der Waals surface area contributed by atoms with Crippen LogP contribution >= 0.6 is 23.2 Å².